The summed E-state index contributed by atoms with van der Waals surface area (Å²) in [6.45, 7) is 12.4. The first-order valence-corrected chi connectivity index (χ1v) is 17.6. The number of carbonyl (C=O) groups is 1. The molecule has 4 aromatic rings. The Labute approximate surface area is 297 Å². The lowest BCUT2D eigenvalue weighted by molar-refractivity contribution is 0.0122. The second kappa shape index (κ2) is 14.5. The summed E-state index contributed by atoms with van der Waals surface area (Å²) in [5, 5.41) is 1.47. The van der Waals surface area contributed by atoms with E-state index in [4.69, 9.17) is 15.9 Å². The average Bonchev–Trinajstić information content (AvgIpc) is 3.62. The van der Waals surface area contributed by atoms with Crippen molar-refractivity contribution in [1.29, 1.82) is 0 Å². The largest absolute Gasteiger partial charge is 0.467 e. The van der Waals surface area contributed by atoms with Gasteiger partial charge < -0.3 is 14.4 Å². The van der Waals surface area contributed by atoms with Gasteiger partial charge in [0.25, 0.3) is 0 Å². The average molecular weight is 703 g/mol. The number of ether oxygens (including phenoxy) is 2. The van der Waals surface area contributed by atoms with E-state index in [9.17, 15) is 13.6 Å². The Morgan fingerprint density at radius 3 is 2.39 bits per heavy atom. The second-order valence-corrected chi connectivity index (χ2v) is 14.3. The number of carbonyl (C=O) groups excluding carboxylic acids is 1. The third-order valence-electron chi connectivity index (χ3n) is 9.96. The number of alkyl halides is 1. The molecule has 2 aromatic carbocycles. The van der Waals surface area contributed by atoms with Gasteiger partial charge >= 0.3 is 12.1 Å². The number of halogens is 3. The number of fused-ring (bicyclic) bond motifs is 4. The first kappa shape index (κ1) is 36.2. The molecular weight excluding hydrogens is 657 g/mol. The molecule has 0 N–H and O–H groups in total. The molecule has 2 aromatic heterocycles. The molecule has 0 saturated carbocycles. The first-order chi connectivity index (χ1) is 24.4. The summed E-state index contributed by atoms with van der Waals surface area (Å²) in [5.74, 6) is 1.61. The summed E-state index contributed by atoms with van der Waals surface area (Å²) in [5.41, 5.74) is -0.181. The predicted octanol–water partition coefficient (Wildman–Crippen LogP) is 7.53. The highest BCUT2D eigenvalue weighted by molar-refractivity contribution is 6.02. The summed E-state index contributed by atoms with van der Waals surface area (Å²) in [6, 6.07) is 8.44. The molecule has 270 valence electrons. The van der Waals surface area contributed by atoms with E-state index < -0.39 is 23.4 Å². The lowest BCUT2D eigenvalue weighted by atomic mass is 9.96. The maximum atomic E-state index is 16.3. The molecule has 51 heavy (non-hydrogen) atoms. The van der Waals surface area contributed by atoms with Crippen LogP contribution in [0.15, 0.2) is 36.5 Å². The van der Waals surface area contributed by atoms with Crippen molar-refractivity contribution in [1.82, 2.24) is 24.8 Å². The van der Waals surface area contributed by atoms with Crippen LogP contribution in [0.4, 0.5) is 23.8 Å². The van der Waals surface area contributed by atoms with Gasteiger partial charge in [-0.2, -0.15) is 9.97 Å². The summed E-state index contributed by atoms with van der Waals surface area (Å²) in [4.78, 5) is 32.4. The number of piperazine rings is 1. The van der Waals surface area contributed by atoms with E-state index in [1.807, 2.05) is 30.6 Å². The van der Waals surface area contributed by atoms with Crippen LogP contribution in [0.1, 0.15) is 65.9 Å². The number of amides is 1. The van der Waals surface area contributed by atoms with Gasteiger partial charge in [0.1, 0.15) is 34.6 Å². The van der Waals surface area contributed by atoms with E-state index in [0.29, 0.717) is 53.2 Å². The van der Waals surface area contributed by atoms with Gasteiger partial charge in [-0.25, -0.2) is 18.0 Å². The molecule has 3 fully saturated rings. The third kappa shape index (κ3) is 7.13. The van der Waals surface area contributed by atoms with E-state index in [-0.39, 0.29) is 41.0 Å². The summed E-state index contributed by atoms with van der Waals surface area (Å²) < 4.78 is 54.7. The predicted molar refractivity (Wildman–Crippen MR) is 193 cm³/mol. The Bertz CT molecular complexity index is 1950. The van der Waals surface area contributed by atoms with Crippen molar-refractivity contribution >= 4 is 33.6 Å². The number of aromatic nitrogens is 3. The molecule has 9 nitrogen and oxygen atoms in total. The normalized spacial score (nSPS) is 21.8. The Kier molecular flexibility index (Phi) is 10.3. The lowest BCUT2D eigenvalue weighted by Crippen LogP contribution is -2.57. The Morgan fingerprint density at radius 2 is 1.78 bits per heavy atom. The molecule has 4 unspecified atom stereocenters. The van der Waals surface area contributed by atoms with Gasteiger partial charge in [0.2, 0.25) is 0 Å². The third-order valence-corrected chi connectivity index (χ3v) is 9.96. The number of anilines is 1. The number of hydrogen-bond acceptors (Lipinski definition) is 8. The fourth-order valence-corrected chi connectivity index (χ4v) is 7.66. The molecule has 1 amide bonds. The van der Waals surface area contributed by atoms with Gasteiger partial charge in [0.05, 0.1) is 30.1 Å². The van der Waals surface area contributed by atoms with Crippen LogP contribution in [0.2, 0.25) is 0 Å². The second-order valence-electron chi connectivity index (χ2n) is 14.3. The molecule has 0 aliphatic carbocycles. The highest BCUT2D eigenvalue weighted by Crippen LogP contribution is 2.39. The lowest BCUT2D eigenvalue weighted by Gasteiger charge is -2.42. The van der Waals surface area contributed by atoms with Crippen LogP contribution in [-0.4, -0.2) is 94.0 Å². The first-order valence-electron chi connectivity index (χ1n) is 17.6. The zero-order valence-electron chi connectivity index (χ0n) is 30.0. The van der Waals surface area contributed by atoms with Crippen molar-refractivity contribution in [2.24, 2.45) is 0 Å². The van der Waals surface area contributed by atoms with Crippen LogP contribution in [-0.2, 0) is 4.74 Å². The van der Waals surface area contributed by atoms with Crippen LogP contribution in [0.3, 0.4) is 0 Å². The highest BCUT2D eigenvalue weighted by atomic mass is 19.1. The number of nitrogens with zero attached hydrogens (tertiary/aromatic N) is 6. The van der Waals surface area contributed by atoms with Crippen molar-refractivity contribution in [3.8, 4) is 29.6 Å². The number of hydrogen-bond donors (Lipinski definition) is 0. The van der Waals surface area contributed by atoms with E-state index in [0.717, 1.165) is 32.2 Å². The number of pyridine rings is 1. The minimum atomic E-state index is -0.695. The number of benzene rings is 2. The number of likely N-dealkylation sites (tertiary alicyclic amines) is 1. The van der Waals surface area contributed by atoms with Gasteiger partial charge in [-0.1, -0.05) is 44.0 Å². The molecular formula is C39H45F3N6O3. The molecule has 12 heteroatoms. The van der Waals surface area contributed by atoms with Gasteiger partial charge in [0, 0.05) is 42.8 Å². The highest BCUT2D eigenvalue weighted by Gasteiger charge is 2.45. The zero-order valence-corrected chi connectivity index (χ0v) is 30.0. The molecule has 0 radical (unpaired) electrons. The number of terminal acetylenes is 1. The maximum Gasteiger partial charge on any atom is 0.410 e. The smallest absolute Gasteiger partial charge is 0.410 e. The van der Waals surface area contributed by atoms with Gasteiger partial charge in [-0.3, -0.25) is 14.8 Å². The van der Waals surface area contributed by atoms with E-state index in [1.165, 1.54) is 19.4 Å². The fourth-order valence-electron chi connectivity index (χ4n) is 7.66. The Hall–Kier alpha value is -4.63. The van der Waals surface area contributed by atoms with E-state index in [1.54, 1.807) is 24.3 Å². The molecule has 3 aliphatic rings. The molecule has 7 rings (SSSR count). The SMILES string of the molecule is C#Cc1c(F)ccc2cccc(-c3ncc4c(N5CC6CCC(C5)N6C(=O)OC(C)(C)C)nc(OC)nc4c3F)c12.CCC1CC(F)CN1CC. The zero-order chi connectivity index (χ0) is 36.6. The monoisotopic (exact) mass is 702 g/mol. The Balaban J connectivity index is 0.000000388. The van der Waals surface area contributed by atoms with Crippen LogP contribution >= 0.6 is 0 Å². The van der Waals surface area contributed by atoms with Gasteiger partial charge in [-0.05, 0) is 64.5 Å². The number of methoxy groups -OCH3 is 1. The molecule has 2 bridgehead atoms. The van der Waals surface area contributed by atoms with Crippen LogP contribution in [0.5, 0.6) is 6.01 Å². The molecule has 0 spiro atoms. The minimum absolute atomic E-state index is 0.00116. The standard InChI is InChI=1S/C31H29F2N5O3.C8H16FN/c1-6-20-23(32)13-10-17-8-7-9-21(24(17)20)26-25(33)27-22(14-34-26)28(36-29(35-27)40-5)37-15-18-11-12-19(16-37)38(18)30(39)41-31(2,3)4;1-3-8-5-7(9)6-10(8)4-2/h1,7-10,13-14,18-19H,11-12,15-16H2,2-5H3;7-8H,3-6H2,1-2H3. The van der Waals surface area contributed by atoms with Gasteiger partial charge in [-0.15, -0.1) is 6.42 Å². The van der Waals surface area contributed by atoms with Crippen molar-refractivity contribution < 1.29 is 27.4 Å². The summed E-state index contributed by atoms with van der Waals surface area (Å²) in [7, 11) is 1.42. The summed E-state index contributed by atoms with van der Waals surface area (Å²) in [6.07, 6.45) is 9.77. The maximum absolute atomic E-state index is 16.3. The molecule has 5 heterocycles. The van der Waals surface area contributed by atoms with Crippen molar-refractivity contribution in [3.63, 3.8) is 0 Å². The van der Waals surface area contributed by atoms with Crippen LogP contribution in [0, 0.1) is 24.0 Å². The molecule has 4 atom stereocenters. The van der Waals surface area contributed by atoms with E-state index >= 15 is 4.39 Å². The fraction of sp³-hybridized carbons (Fsp3) is 0.487. The molecule has 3 saturated heterocycles. The van der Waals surface area contributed by atoms with E-state index in [2.05, 4.69) is 39.6 Å². The van der Waals surface area contributed by atoms with Crippen LogP contribution in [0.25, 0.3) is 32.9 Å². The van der Waals surface area contributed by atoms with Crippen molar-refractivity contribution in [2.75, 3.05) is 38.2 Å². The number of rotatable bonds is 5. The van der Waals surface area contributed by atoms with Crippen molar-refractivity contribution in [3.05, 3.63) is 53.7 Å². The minimum Gasteiger partial charge on any atom is -0.467 e. The summed E-state index contributed by atoms with van der Waals surface area (Å²) >= 11 is 0. The van der Waals surface area contributed by atoms with Crippen molar-refractivity contribution in [2.45, 2.75) is 90.2 Å². The van der Waals surface area contributed by atoms with Gasteiger partial charge in [0.15, 0.2) is 5.82 Å². The Morgan fingerprint density at radius 1 is 1.06 bits per heavy atom. The quantitative estimate of drug-likeness (QED) is 0.198. The van der Waals surface area contributed by atoms with Crippen LogP contribution < -0.4 is 9.64 Å². The molecule has 3 aliphatic heterocycles. The topological polar surface area (TPSA) is 83.9 Å².